The van der Waals surface area contributed by atoms with Crippen molar-refractivity contribution in [2.45, 2.75) is 51.0 Å². The average molecular weight is 565 g/mol. The fourth-order valence-electron chi connectivity index (χ4n) is 5.23. The molecule has 0 N–H and O–H groups in total. The maximum atomic E-state index is 7.01. The van der Waals surface area contributed by atoms with Crippen LogP contribution in [-0.4, -0.2) is 18.1 Å². The zero-order valence-electron chi connectivity index (χ0n) is 24.0. The molecule has 0 aliphatic heterocycles. The van der Waals surface area contributed by atoms with Crippen LogP contribution in [0.2, 0.25) is 23.2 Å². The number of benzene rings is 4. The van der Waals surface area contributed by atoms with Crippen LogP contribution in [0.25, 0.3) is 17.0 Å². The molecule has 0 aliphatic rings. The smallest absolute Gasteiger partial charge is 0.192 e. The summed E-state index contributed by atoms with van der Waals surface area (Å²) in [6, 6.07) is 33.7. The van der Waals surface area contributed by atoms with Crippen molar-refractivity contribution < 1.29 is 4.43 Å². The van der Waals surface area contributed by atoms with E-state index in [1.165, 1.54) is 0 Å². The monoisotopic (exact) mass is 564 g/mol. The van der Waals surface area contributed by atoms with Crippen LogP contribution in [0.1, 0.15) is 48.6 Å². The van der Waals surface area contributed by atoms with Gasteiger partial charge in [-0.15, -0.1) is 0 Å². The van der Waals surface area contributed by atoms with Gasteiger partial charge in [0, 0.05) is 5.39 Å². The van der Waals surface area contributed by atoms with Gasteiger partial charge in [0.2, 0.25) is 0 Å². The Kier molecular flexibility index (Phi) is 7.62. The molecule has 5 aromatic rings. The lowest BCUT2D eigenvalue weighted by Gasteiger charge is -2.37. The van der Waals surface area contributed by atoms with E-state index in [0.29, 0.717) is 11.6 Å². The third kappa shape index (κ3) is 4.75. The average Bonchev–Trinajstić information content (AvgIpc) is 3.37. The second-order valence-electron chi connectivity index (χ2n) is 11.8. The van der Waals surface area contributed by atoms with Crippen molar-refractivity contribution in [2.75, 3.05) is 0 Å². The van der Waals surface area contributed by atoms with Crippen molar-refractivity contribution in [3.05, 3.63) is 143 Å². The maximum Gasteiger partial charge on any atom is 0.192 e. The molecule has 0 bridgehead atoms. The molecule has 4 aromatic carbocycles. The predicted octanol–water partition coefficient (Wildman–Crippen LogP) is 9.69. The maximum absolute atomic E-state index is 7.01. The Morgan fingerprint density at radius 3 is 1.75 bits per heavy atom. The quantitative estimate of drug-likeness (QED) is 0.138. The molecule has 1 aromatic heterocycles. The Morgan fingerprint density at radius 1 is 0.850 bits per heavy atom. The van der Waals surface area contributed by atoms with Gasteiger partial charge < -0.3 is 4.43 Å². The first-order chi connectivity index (χ1) is 19.1. The second kappa shape index (κ2) is 10.9. The molecule has 0 fully saturated rings. The Labute approximate surface area is 244 Å². The zero-order valence-corrected chi connectivity index (χ0v) is 25.7. The molecule has 1 heterocycles. The van der Waals surface area contributed by atoms with Crippen molar-refractivity contribution in [2.24, 2.45) is 0 Å². The molecular weight excluding hydrogens is 528 g/mol. The first-order valence-electron chi connectivity index (χ1n) is 13.7. The fourth-order valence-corrected chi connectivity index (χ4v) is 6.47. The number of halogens is 1. The summed E-state index contributed by atoms with van der Waals surface area (Å²) in [6.07, 6.45) is 3.80. The van der Waals surface area contributed by atoms with Gasteiger partial charge in [0.15, 0.2) is 8.32 Å². The minimum atomic E-state index is -2.02. The van der Waals surface area contributed by atoms with E-state index in [-0.39, 0.29) is 5.04 Å². The lowest BCUT2D eigenvalue weighted by molar-refractivity contribution is 0.277. The van der Waals surface area contributed by atoms with E-state index in [1.807, 2.05) is 18.3 Å². The van der Waals surface area contributed by atoms with Crippen LogP contribution in [0, 0.1) is 0 Å². The van der Waals surface area contributed by atoms with Crippen molar-refractivity contribution in [1.82, 2.24) is 9.78 Å². The molecule has 0 saturated heterocycles. The lowest BCUT2D eigenvalue weighted by Crippen LogP contribution is -2.40. The minimum Gasteiger partial charge on any atom is -0.413 e. The largest absolute Gasteiger partial charge is 0.413 e. The molecule has 5 rings (SSSR count). The normalized spacial score (nSPS) is 12.6. The first kappa shape index (κ1) is 28.1. The number of rotatable bonds is 8. The first-order valence-corrected chi connectivity index (χ1v) is 17.0. The van der Waals surface area contributed by atoms with Crippen molar-refractivity contribution in [3.63, 3.8) is 0 Å². The van der Waals surface area contributed by atoms with Crippen LogP contribution in [0.4, 0.5) is 0 Å². The van der Waals surface area contributed by atoms with E-state index in [4.69, 9.17) is 21.1 Å². The van der Waals surface area contributed by atoms with E-state index >= 15 is 0 Å². The van der Waals surface area contributed by atoms with Crippen molar-refractivity contribution >= 4 is 36.9 Å². The van der Waals surface area contributed by atoms with E-state index in [9.17, 15) is 0 Å². The van der Waals surface area contributed by atoms with E-state index in [1.54, 1.807) is 0 Å². The lowest BCUT2D eigenvalue weighted by atomic mass is 9.77. The minimum absolute atomic E-state index is 0.0896. The topological polar surface area (TPSA) is 27.1 Å². The van der Waals surface area contributed by atoms with Crippen LogP contribution in [-0.2, 0) is 16.6 Å². The molecule has 3 nitrogen and oxygen atoms in total. The molecule has 40 heavy (non-hydrogen) atoms. The highest BCUT2D eigenvalue weighted by atomic mass is 35.5. The highest BCUT2D eigenvalue weighted by molar-refractivity contribution is 6.74. The third-order valence-electron chi connectivity index (χ3n) is 8.46. The van der Waals surface area contributed by atoms with Gasteiger partial charge in [0.05, 0.1) is 23.3 Å². The van der Waals surface area contributed by atoms with Gasteiger partial charge in [-0.25, -0.2) is 4.68 Å². The molecular formula is C35H37ClN2OSi. The molecule has 0 aliphatic carbocycles. The van der Waals surface area contributed by atoms with Gasteiger partial charge in [-0.1, -0.05) is 136 Å². The summed E-state index contributed by atoms with van der Waals surface area (Å²) in [5, 5.41) is 6.90. The Morgan fingerprint density at radius 2 is 1.32 bits per heavy atom. The van der Waals surface area contributed by atoms with Crippen LogP contribution < -0.4 is 0 Å². The molecule has 0 amide bonds. The number of fused-ring (bicyclic) bond motifs is 1. The van der Waals surface area contributed by atoms with Crippen molar-refractivity contribution in [3.8, 4) is 0 Å². The molecule has 204 valence electrons. The molecule has 0 unspecified atom stereocenters. The molecule has 0 saturated carbocycles. The fraction of sp³-hybridized carbons (Fsp3) is 0.229. The third-order valence-corrected chi connectivity index (χ3v) is 13.2. The number of nitrogens with zero attached hydrogens (tertiary/aromatic N) is 2. The highest BCUT2D eigenvalue weighted by Crippen LogP contribution is 2.44. The van der Waals surface area contributed by atoms with Gasteiger partial charge in [-0.3, -0.25) is 0 Å². The van der Waals surface area contributed by atoms with Crippen LogP contribution in [0.15, 0.2) is 110 Å². The van der Waals surface area contributed by atoms with Crippen LogP contribution in [0.5, 0.6) is 0 Å². The Bertz CT molecular complexity index is 1520. The van der Waals surface area contributed by atoms with Crippen LogP contribution in [0.3, 0.4) is 0 Å². The molecule has 0 spiro atoms. The van der Waals surface area contributed by atoms with E-state index in [2.05, 4.69) is 136 Å². The van der Waals surface area contributed by atoms with Gasteiger partial charge in [-0.05, 0) is 52.0 Å². The summed E-state index contributed by atoms with van der Waals surface area (Å²) in [6.45, 7) is 15.9. The Balaban J connectivity index is 1.84. The molecule has 0 radical (unpaired) electrons. The summed E-state index contributed by atoms with van der Waals surface area (Å²) < 4.78 is 8.87. The second-order valence-corrected chi connectivity index (χ2v) is 17.0. The van der Waals surface area contributed by atoms with Gasteiger partial charge >= 0.3 is 0 Å². The number of hydrogen-bond acceptors (Lipinski definition) is 2. The van der Waals surface area contributed by atoms with Gasteiger partial charge in [0.25, 0.3) is 0 Å². The summed E-state index contributed by atoms with van der Waals surface area (Å²) in [7, 11) is -2.02. The summed E-state index contributed by atoms with van der Waals surface area (Å²) in [5.74, 6) is 0. The summed E-state index contributed by atoms with van der Waals surface area (Å²) in [5.41, 5.74) is 5.47. The standard InChI is InChI=1S/C35H37ClN2OSi/c1-7-29-31(25-39-40(5,6)34(2,3)4)30-24-37-38(33(30)23-32(29)36)35(26-17-11-8-12-18-26,27-19-13-9-14-20-27)28-21-15-10-16-22-28/h7-24H,1,25H2,2-6H3. The SMILES string of the molecule is C=Cc1c(Cl)cc2c(cnn2C(c2ccccc2)(c2ccccc2)c2ccccc2)c1CO[Si](C)(C)C(C)(C)C. The Hall–Kier alpha value is -3.44. The van der Waals surface area contributed by atoms with Gasteiger partial charge in [0.1, 0.15) is 5.54 Å². The van der Waals surface area contributed by atoms with Crippen molar-refractivity contribution in [1.29, 1.82) is 0 Å². The zero-order chi connectivity index (χ0) is 28.5. The predicted molar refractivity (Wildman–Crippen MR) is 171 cm³/mol. The summed E-state index contributed by atoms with van der Waals surface area (Å²) in [4.78, 5) is 0. The molecule has 5 heteroatoms. The highest BCUT2D eigenvalue weighted by Gasteiger charge is 2.41. The van der Waals surface area contributed by atoms with E-state index in [0.717, 1.165) is 38.7 Å². The van der Waals surface area contributed by atoms with Crippen LogP contribution >= 0.6 is 11.6 Å². The molecule has 0 atom stereocenters. The van der Waals surface area contributed by atoms with E-state index < -0.39 is 13.9 Å². The number of hydrogen-bond donors (Lipinski definition) is 0. The summed E-state index contributed by atoms with van der Waals surface area (Å²) >= 11 is 7.01. The number of aromatic nitrogens is 2. The van der Waals surface area contributed by atoms with Gasteiger partial charge in [-0.2, -0.15) is 5.10 Å².